The molecular weight excluding hydrogens is 278 g/mol. The SMILES string of the molecule is CCCc1nnc(SCc2ccc(Cl)cc2)n1CC. The molecule has 19 heavy (non-hydrogen) atoms. The number of thioether (sulfide) groups is 1. The van der Waals surface area contributed by atoms with Crippen LogP contribution in [0, 0.1) is 0 Å². The molecule has 0 spiro atoms. The van der Waals surface area contributed by atoms with Crippen molar-refractivity contribution in [2.24, 2.45) is 0 Å². The van der Waals surface area contributed by atoms with E-state index in [0.717, 1.165) is 41.1 Å². The Morgan fingerprint density at radius 2 is 1.89 bits per heavy atom. The van der Waals surface area contributed by atoms with E-state index < -0.39 is 0 Å². The van der Waals surface area contributed by atoms with E-state index in [2.05, 4.69) is 40.7 Å². The van der Waals surface area contributed by atoms with Crippen molar-refractivity contribution in [1.29, 1.82) is 0 Å². The first kappa shape index (κ1) is 14.4. The van der Waals surface area contributed by atoms with Gasteiger partial charge in [-0.05, 0) is 31.0 Å². The third-order valence-electron chi connectivity index (χ3n) is 2.86. The highest BCUT2D eigenvalue weighted by molar-refractivity contribution is 7.98. The molecule has 0 fully saturated rings. The highest BCUT2D eigenvalue weighted by atomic mass is 35.5. The lowest BCUT2D eigenvalue weighted by Crippen LogP contribution is -2.02. The first-order chi connectivity index (χ1) is 9.24. The van der Waals surface area contributed by atoms with Crippen LogP contribution in [-0.4, -0.2) is 14.8 Å². The number of nitrogens with zero attached hydrogens (tertiary/aromatic N) is 3. The third-order valence-corrected chi connectivity index (χ3v) is 4.15. The monoisotopic (exact) mass is 295 g/mol. The predicted molar refractivity (Wildman–Crippen MR) is 80.7 cm³/mol. The molecule has 0 amide bonds. The molecule has 0 atom stereocenters. The number of hydrogen-bond donors (Lipinski definition) is 0. The van der Waals surface area contributed by atoms with E-state index in [0.29, 0.717) is 0 Å². The van der Waals surface area contributed by atoms with Gasteiger partial charge in [-0.1, -0.05) is 42.4 Å². The minimum atomic E-state index is 0.774. The number of hydrogen-bond acceptors (Lipinski definition) is 3. The molecule has 0 radical (unpaired) electrons. The van der Waals surface area contributed by atoms with E-state index in [1.807, 2.05) is 12.1 Å². The van der Waals surface area contributed by atoms with Crippen LogP contribution in [0.25, 0.3) is 0 Å². The molecule has 102 valence electrons. The molecule has 0 saturated heterocycles. The maximum atomic E-state index is 5.88. The molecule has 1 heterocycles. The minimum Gasteiger partial charge on any atom is -0.306 e. The molecular formula is C14H18ClN3S. The van der Waals surface area contributed by atoms with E-state index in [-0.39, 0.29) is 0 Å². The lowest BCUT2D eigenvalue weighted by Gasteiger charge is -2.06. The summed E-state index contributed by atoms with van der Waals surface area (Å²) in [6.45, 7) is 5.22. The fraction of sp³-hybridized carbons (Fsp3) is 0.429. The molecule has 0 saturated carbocycles. The van der Waals surface area contributed by atoms with Gasteiger partial charge in [0, 0.05) is 23.7 Å². The Morgan fingerprint density at radius 3 is 2.53 bits per heavy atom. The molecule has 2 aromatic rings. The first-order valence-electron chi connectivity index (χ1n) is 6.54. The van der Waals surface area contributed by atoms with E-state index in [1.165, 1.54) is 5.56 Å². The summed E-state index contributed by atoms with van der Waals surface area (Å²) in [7, 11) is 0. The normalized spacial score (nSPS) is 10.9. The van der Waals surface area contributed by atoms with Crippen molar-refractivity contribution in [3.63, 3.8) is 0 Å². The van der Waals surface area contributed by atoms with E-state index in [1.54, 1.807) is 11.8 Å². The van der Waals surface area contributed by atoms with Crippen molar-refractivity contribution in [2.45, 2.75) is 44.1 Å². The van der Waals surface area contributed by atoms with Gasteiger partial charge in [0.1, 0.15) is 5.82 Å². The number of rotatable bonds is 6. The first-order valence-corrected chi connectivity index (χ1v) is 7.90. The second-order valence-electron chi connectivity index (χ2n) is 4.31. The number of halogens is 1. The second kappa shape index (κ2) is 6.96. The molecule has 0 aliphatic rings. The Balaban J connectivity index is 2.04. The summed E-state index contributed by atoms with van der Waals surface area (Å²) in [4.78, 5) is 0. The van der Waals surface area contributed by atoms with Crippen LogP contribution in [-0.2, 0) is 18.7 Å². The molecule has 5 heteroatoms. The quantitative estimate of drug-likeness (QED) is 0.749. The lowest BCUT2D eigenvalue weighted by molar-refractivity contribution is 0.634. The number of aryl methyl sites for hydroxylation is 1. The lowest BCUT2D eigenvalue weighted by atomic mass is 10.2. The van der Waals surface area contributed by atoms with Gasteiger partial charge in [-0.3, -0.25) is 0 Å². The Morgan fingerprint density at radius 1 is 1.16 bits per heavy atom. The molecule has 2 rings (SSSR count). The van der Waals surface area contributed by atoms with E-state index in [9.17, 15) is 0 Å². The van der Waals surface area contributed by atoms with Crippen molar-refractivity contribution in [2.75, 3.05) is 0 Å². The van der Waals surface area contributed by atoms with Gasteiger partial charge in [-0.15, -0.1) is 10.2 Å². The van der Waals surface area contributed by atoms with Gasteiger partial charge in [0.05, 0.1) is 0 Å². The summed E-state index contributed by atoms with van der Waals surface area (Å²) < 4.78 is 2.20. The summed E-state index contributed by atoms with van der Waals surface area (Å²) in [5.74, 6) is 1.98. The van der Waals surface area contributed by atoms with Crippen LogP contribution >= 0.6 is 23.4 Å². The van der Waals surface area contributed by atoms with Gasteiger partial charge in [0.25, 0.3) is 0 Å². The average Bonchev–Trinajstić information content (AvgIpc) is 2.81. The van der Waals surface area contributed by atoms with Crippen LogP contribution in [0.3, 0.4) is 0 Å². The molecule has 3 nitrogen and oxygen atoms in total. The van der Waals surface area contributed by atoms with E-state index in [4.69, 9.17) is 11.6 Å². The van der Waals surface area contributed by atoms with Crippen molar-refractivity contribution in [3.05, 3.63) is 40.7 Å². The zero-order valence-electron chi connectivity index (χ0n) is 11.3. The highest BCUT2D eigenvalue weighted by Crippen LogP contribution is 2.23. The number of aromatic nitrogens is 3. The standard InChI is InChI=1S/C14H18ClN3S/c1-3-5-13-16-17-14(18(13)4-2)19-10-11-6-8-12(15)9-7-11/h6-9H,3-5,10H2,1-2H3. The number of benzene rings is 1. The van der Waals surface area contributed by atoms with Gasteiger partial charge in [-0.25, -0.2) is 0 Å². The summed E-state index contributed by atoms with van der Waals surface area (Å²) in [5, 5.41) is 10.3. The van der Waals surface area contributed by atoms with Gasteiger partial charge >= 0.3 is 0 Å². The molecule has 0 aliphatic carbocycles. The van der Waals surface area contributed by atoms with Crippen molar-refractivity contribution >= 4 is 23.4 Å². The summed E-state index contributed by atoms with van der Waals surface area (Å²) in [6, 6.07) is 7.94. The fourth-order valence-corrected chi connectivity index (χ4v) is 2.98. The third kappa shape index (κ3) is 3.74. The van der Waals surface area contributed by atoms with Crippen LogP contribution in [0.4, 0.5) is 0 Å². The molecule has 1 aromatic carbocycles. The van der Waals surface area contributed by atoms with Crippen LogP contribution in [0.1, 0.15) is 31.7 Å². The largest absolute Gasteiger partial charge is 0.306 e. The fourth-order valence-electron chi connectivity index (χ4n) is 1.88. The Bertz CT molecular complexity index is 522. The molecule has 0 bridgehead atoms. The smallest absolute Gasteiger partial charge is 0.191 e. The Kier molecular flexibility index (Phi) is 5.28. The predicted octanol–water partition coefficient (Wildman–Crippen LogP) is 4.20. The Hall–Kier alpha value is -1.00. The highest BCUT2D eigenvalue weighted by Gasteiger charge is 2.10. The molecule has 0 unspecified atom stereocenters. The second-order valence-corrected chi connectivity index (χ2v) is 5.69. The van der Waals surface area contributed by atoms with Crippen molar-refractivity contribution in [3.8, 4) is 0 Å². The maximum absolute atomic E-state index is 5.88. The molecule has 0 aliphatic heterocycles. The maximum Gasteiger partial charge on any atom is 0.191 e. The summed E-state index contributed by atoms with van der Waals surface area (Å²) >= 11 is 7.60. The van der Waals surface area contributed by atoms with Gasteiger partial charge in [0.15, 0.2) is 5.16 Å². The molecule has 1 aromatic heterocycles. The van der Waals surface area contributed by atoms with E-state index >= 15 is 0 Å². The van der Waals surface area contributed by atoms with Gasteiger partial charge in [0.2, 0.25) is 0 Å². The average molecular weight is 296 g/mol. The van der Waals surface area contributed by atoms with Gasteiger partial charge < -0.3 is 4.57 Å². The molecule has 0 N–H and O–H groups in total. The Labute approximate surface area is 123 Å². The van der Waals surface area contributed by atoms with Crippen molar-refractivity contribution in [1.82, 2.24) is 14.8 Å². The summed E-state index contributed by atoms with van der Waals surface area (Å²) in [5.41, 5.74) is 1.25. The van der Waals surface area contributed by atoms with Crippen LogP contribution in [0.2, 0.25) is 5.02 Å². The van der Waals surface area contributed by atoms with Gasteiger partial charge in [-0.2, -0.15) is 0 Å². The van der Waals surface area contributed by atoms with Crippen LogP contribution in [0.5, 0.6) is 0 Å². The zero-order valence-corrected chi connectivity index (χ0v) is 12.8. The van der Waals surface area contributed by atoms with Crippen LogP contribution < -0.4 is 0 Å². The minimum absolute atomic E-state index is 0.774. The summed E-state index contributed by atoms with van der Waals surface area (Å²) in [6.07, 6.45) is 2.09. The topological polar surface area (TPSA) is 30.7 Å². The zero-order chi connectivity index (χ0) is 13.7. The van der Waals surface area contributed by atoms with Crippen molar-refractivity contribution < 1.29 is 0 Å². The van der Waals surface area contributed by atoms with Crippen LogP contribution in [0.15, 0.2) is 29.4 Å².